The monoisotopic (exact) mass is 346 g/mol. The van der Waals surface area contributed by atoms with Crippen molar-refractivity contribution in [3.63, 3.8) is 0 Å². The molecule has 1 fully saturated rings. The van der Waals surface area contributed by atoms with Gasteiger partial charge in [-0.05, 0) is 37.5 Å². The zero-order chi connectivity index (χ0) is 17.5. The summed E-state index contributed by atoms with van der Waals surface area (Å²) in [5.41, 5.74) is -1.58. The number of aromatic nitrogens is 1. The van der Waals surface area contributed by atoms with Gasteiger partial charge in [0, 0.05) is 29.2 Å². The van der Waals surface area contributed by atoms with Crippen LogP contribution >= 0.6 is 0 Å². The summed E-state index contributed by atoms with van der Waals surface area (Å²) in [7, 11) is 0. The first kappa shape index (κ1) is 16.7. The van der Waals surface area contributed by atoms with Crippen molar-refractivity contribution in [1.29, 1.82) is 0 Å². The lowest BCUT2D eigenvalue weighted by Gasteiger charge is -2.37. The second-order valence-electron chi connectivity index (χ2n) is 5.87. The minimum Gasteiger partial charge on any atom is -0.363 e. The van der Waals surface area contributed by atoms with Crippen molar-refractivity contribution >= 4 is 16.6 Å². The molecule has 2 heterocycles. The van der Waals surface area contributed by atoms with Crippen LogP contribution in [0.25, 0.3) is 10.9 Å². The van der Waals surface area contributed by atoms with Crippen molar-refractivity contribution in [1.82, 2.24) is 4.98 Å². The number of fused-ring (bicyclic) bond motifs is 1. The molecule has 0 amide bonds. The van der Waals surface area contributed by atoms with Crippen molar-refractivity contribution in [2.75, 3.05) is 11.4 Å². The Morgan fingerprint density at radius 2 is 1.92 bits per heavy atom. The van der Waals surface area contributed by atoms with Crippen molar-refractivity contribution in [3.8, 4) is 0 Å². The molecule has 3 nitrogen and oxygen atoms in total. The predicted octanol–water partition coefficient (Wildman–Crippen LogP) is 4.17. The average Bonchev–Trinajstić information content (AvgIpc) is 2.52. The topological polar surface area (TPSA) is 36.1 Å². The summed E-state index contributed by atoms with van der Waals surface area (Å²) in [6.45, 7) is 0.366. The second-order valence-corrected chi connectivity index (χ2v) is 5.87. The molecule has 0 saturated carbocycles. The normalized spacial score (nSPS) is 19.2. The molecule has 3 rings (SSSR count). The number of anilines is 1. The van der Waals surface area contributed by atoms with Crippen LogP contribution in [0.3, 0.4) is 0 Å². The highest BCUT2D eigenvalue weighted by Crippen LogP contribution is 2.36. The first-order chi connectivity index (χ1) is 11.3. The molecular weight excluding hydrogens is 331 g/mol. The third-order valence-corrected chi connectivity index (χ3v) is 4.30. The molecule has 2 aromatic rings. The van der Waals surface area contributed by atoms with Gasteiger partial charge >= 0.3 is 6.18 Å². The van der Waals surface area contributed by atoms with Gasteiger partial charge in [0.25, 0.3) is 6.43 Å². The van der Waals surface area contributed by atoms with E-state index in [0.717, 1.165) is 0 Å². The summed E-state index contributed by atoms with van der Waals surface area (Å²) >= 11 is 0. The Labute approximate surface area is 134 Å². The van der Waals surface area contributed by atoms with E-state index in [0.29, 0.717) is 37.6 Å². The molecule has 0 aliphatic carbocycles. The smallest absolute Gasteiger partial charge is 0.363 e. The van der Waals surface area contributed by atoms with E-state index in [1.807, 2.05) is 0 Å². The number of rotatable bonds is 2. The lowest BCUT2D eigenvalue weighted by atomic mass is 10.0. The van der Waals surface area contributed by atoms with Crippen LogP contribution in [0.15, 0.2) is 29.1 Å². The van der Waals surface area contributed by atoms with Gasteiger partial charge in [-0.25, -0.2) is 8.78 Å². The summed E-state index contributed by atoms with van der Waals surface area (Å²) in [6, 6.07) is 3.52. The van der Waals surface area contributed by atoms with Gasteiger partial charge in [0.1, 0.15) is 0 Å². The maximum atomic E-state index is 13.2. The van der Waals surface area contributed by atoms with Gasteiger partial charge in [-0.15, -0.1) is 0 Å². The predicted molar refractivity (Wildman–Crippen MR) is 80.6 cm³/mol. The SMILES string of the molecule is O=c1cc(C(F)(F)F)c2cc(N3CCCCC3C(F)F)ccc2[nH]1. The number of aromatic amines is 1. The maximum Gasteiger partial charge on any atom is 0.417 e. The Bertz CT molecular complexity index is 799. The molecule has 1 aromatic carbocycles. The number of hydrogen-bond acceptors (Lipinski definition) is 2. The van der Waals surface area contributed by atoms with E-state index in [9.17, 15) is 26.7 Å². The highest BCUT2D eigenvalue weighted by Gasteiger charge is 2.34. The molecule has 24 heavy (non-hydrogen) atoms. The number of hydrogen-bond donors (Lipinski definition) is 1. The molecule has 0 spiro atoms. The summed E-state index contributed by atoms with van der Waals surface area (Å²) in [6.07, 6.45) is -5.60. The fourth-order valence-corrected chi connectivity index (χ4v) is 3.19. The van der Waals surface area contributed by atoms with Gasteiger partial charge in [-0.1, -0.05) is 0 Å². The largest absolute Gasteiger partial charge is 0.417 e. The highest BCUT2D eigenvalue weighted by molar-refractivity contribution is 5.86. The number of pyridine rings is 1. The summed E-state index contributed by atoms with van der Waals surface area (Å²) in [4.78, 5) is 15.2. The van der Waals surface area contributed by atoms with E-state index < -0.39 is 29.8 Å². The number of nitrogens with zero attached hydrogens (tertiary/aromatic N) is 1. The van der Waals surface area contributed by atoms with Crippen molar-refractivity contribution < 1.29 is 22.0 Å². The first-order valence-electron chi connectivity index (χ1n) is 7.56. The van der Waals surface area contributed by atoms with Gasteiger partial charge in [0.15, 0.2) is 0 Å². The second kappa shape index (κ2) is 6.07. The van der Waals surface area contributed by atoms with Crippen LogP contribution in [-0.2, 0) is 6.18 Å². The molecule has 1 aromatic heterocycles. The molecule has 1 saturated heterocycles. The molecule has 1 aliphatic rings. The van der Waals surface area contributed by atoms with E-state index in [4.69, 9.17) is 0 Å². The number of piperidine rings is 1. The first-order valence-corrected chi connectivity index (χ1v) is 7.56. The molecule has 1 N–H and O–H groups in total. The Morgan fingerprint density at radius 3 is 2.58 bits per heavy atom. The molecule has 0 radical (unpaired) electrons. The van der Waals surface area contributed by atoms with Gasteiger partial charge in [0.05, 0.1) is 11.6 Å². The summed E-state index contributed by atoms with van der Waals surface area (Å²) < 4.78 is 66.0. The Hall–Kier alpha value is -2.12. The lowest BCUT2D eigenvalue weighted by molar-refractivity contribution is -0.136. The molecular formula is C16H15F5N2O. The zero-order valence-corrected chi connectivity index (χ0v) is 12.5. The minimum atomic E-state index is -4.70. The van der Waals surface area contributed by atoms with E-state index in [-0.39, 0.29) is 10.9 Å². The van der Waals surface area contributed by atoms with Crippen LogP contribution in [-0.4, -0.2) is 24.0 Å². The van der Waals surface area contributed by atoms with Crippen LogP contribution in [0.2, 0.25) is 0 Å². The van der Waals surface area contributed by atoms with Crippen molar-refractivity contribution in [3.05, 3.63) is 40.2 Å². The Balaban J connectivity index is 2.14. The van der Waals surface area contributed by atoms with E-state index in [1.165, 1.54) is 23.1 Å². The van der Waals surface area contributed by atoms with Crippen molar-refractivity contribution in [2.45, 2.75) is 37.9 Å². The molecule has 0 bridgehead atoms. The van der Waals surface area contributed by atoms with Gasteiger partial charge < -0.3 is 9.88 Å². The zero-order valence-electron chi connectivity index (χ0n) is 12.5. The van der Waals surface area contributed by atoms with E-state index >= 15 is 0 Å². The number of benzene rings is 1. The summed E-state index contributed by atoms with van der Waals surface area (Å²) in [5, 5.41) is -0.196. The molecule has 1 aliphatic heterocycles. The van der Waals surface area contributed by atoms with Crippen LogP contribution in [0, 0.1) is 0 Å². The molecule has 130 valence electrons. The third-order valence-electron chi connectivity index (χ3n) is 4.30. The van der Waals surface area contributed by atoms with E-state index in [2.05, 4.69) is 4.98 Å². The standard InChI is InChI=1S/C16H15F5N2O/c17-15(18)13-3-1-2-6-23(13)9-4-5-12-10(7-9)11(16(19,20)21)8-14(24)22-12/h4-5,7-8,13,15H,1-3,6H2,(H,22,24). The van der Waals surface area contributed by atoms with Crippen LogP contribution in [0.1, 0.15) is 24.8 Å². The quantitative estimate of drug-likeness (QED) is 0.829. The number of nitrogens with one attached hydrogen (secondary N) is 1. The number of H-pyrrole nitrogens is 1. The molecule has 8 heteroatoms. The van der Waals surface area contributed by atoms with Gasteiger partial charge in [-0.3, -0.25) is 4.79 Å². The van der Waals surface area contributed by atoms with Crippen molar-refractivity contribution in [2.24, 2.45) is 0 Å². The summed E-state index contributed by atoms with van der Waals surface area (Å²) in [5.74, 6) is 0. The molecule has 1 atom stereocenters. The lowest BCUT2D eigenvalue weighted by Crippen LogP contribution is -2.44. The van der Waals surface area contributed by atoms with E-state index in [1.54, 1.807) is 0 Å². The maximum absolute atomic E-state index is 13.2. The van der Waals surface area contributed by atoms with Crippen LogP contribution in [0.5, 0.6) is 0 Å². The van der Waals surface area contributed by atoms with Crippen LogP contribution in [0.4, 0.5) is 27.6 Å². The Morgan fingerprint density at radius 1 is 1.17 bits per heavy atom. The third kappa shape index (κ3) is 3.09. The average molecular weight is 346 g/mol. The fraction of sp³-hybridized carbons (Fsp3) is 0.438. The Kier molecular flexibility index (Phi) is 4.23. The number of alkyl halides is 5. The van der Waals surface area contributed by atoms with Gasteiger partial charge in [-0.2, -0.15) is 13.2 Å². The number of halogens is 5. The minimum absolute atomic E-state index is 0.0316. The fourth-order valence-electron chi connectivity index (χ4n) is 3.19. The highest BCUT2D eigenvalue weighted by atomic mass is 19.4. The van der Waals surface area contributed by atoms with Crippen LogP contribution < -0.4 is 10.5 Å². The molecule has 1 unspecified atom stereocenters. The van der Waals surface area contributed by atoms with Gasteiger partial charge in [0.2, 0.25) is 5.56 Å².